The summed E-state index contributed by atoms with van der Waals surface area (Å²) in [5.74, 6) is -2.60. The summed E-state index contributed by atoms with van der Waals surface area (Å²) in [4.78, 5) is 26.3. The Morgan fingerprint density at radius 3 is 2.86 bits per heavy atom. The van der Waals surface area contributed by atoms with Crippen LogP contribution >= 0.6 is 0 Å². The second-order valence-electron chi connectivity index (χ2n) is 4.63. The molecular weight excluding hydrogens is 277 g/mol. The zero-order chi connectivity index (χ0) is 15.7. The number of carboxylic acids is 1. The SMILES string of the molecule is C=CCCC(=O)C[C@@H](COCc1cncc(F)c1)C(=O)O. The lowest BCUT2D eigenvalue weighted by Gasteiger charge is -2.12. The van der Waals surface area contributed by atoms with Crippen LogP contribution in [0.25, 0.3) is 0 Å². The van der Waals surface area contributed by atoms with Crippen molar-refractivity contribution < 1.29 is 23.8 Å². The van der Waals surface area contributed by atoms with E-state index in [4.69, 9.17) is 9.84 Å². The summed E-state index contributed by atoms with van der Waals surface area (Å²) in [6, 6.07) is 1.26. The highest BCUT2D eigenvalue weighted by Gasteiger charge is 2.21. The number of hydrogen-bond acceptors (Lipinski definition) is 4. The van der Waals surface area contributed by atoms with E-state index in [1.165, 1.54) is 12.3 Å². The lowest BCUT2D eigenvalue weighted by Crippen LogP contribution is -2.23. The third-order valence-corrected chi connectivity index (χ3v) is 2.80. The Balaban J connectivity index is 2.42. The van der Waals surface area contributed by atoms with Crippen molar-refractivity contribution in [2.75, 3.05) is 6.61 Å². The Morgan fingerprint density at radius 1 is 1.48 bits per heavy atom. The average molecular weight is 295 g/mol. The van der Waals surface area contributed by atoms with Gasteiger partial charge in [-0.25, -0.2) is 4.39 Å². The van der Waals surface area contributed by atoms with Gasteiger partial charge in [-0.15, -0.1) is 6.58 Å². The minimum absolute atomic E-state index is 0.0510. The number of halogens is 1. The van der Waals surface area contributed by atoms with Gasteiger partial charge in [0.1, 0.15) is 11.6 Å². The summed E-state index contributed by atoms with van der Waals surface area (Å²) in [5, 5.41) is 9.06. The molecule has 0 aliphatic carbocycles. The van der Waals surface area contributed by atoms with E-state index >= 15 is 0 Å². The molecule has 0 fully saturated rings. The van der Waals surface area contributed by atoms with Crippen LogP contribution < -0.4 is 0 Å². The number of nitrogens with zero attached hydrogens (tertiary/aromatic N) is 1. The lowest BCUT2D eigenvalue weighted by molar-refractivity contribution is -0.146. The number of aromatic nitrogens is 1. The molecule has 1 heterocycles. The quantitative estimate of drug-likeness (QED) is 0.671. The van der Waals surface area contributed by atoms with Gasteiger partial charge in [0, 0.05) is 19.0 Å². The van der Waals surface area contributed by atoms with Crippen molar-refractivity contribution in [2.45, 2.75) is 25.9 Å². The van der Waals surface area contributed by atoms with E-state index in [-0.39, 0.29) is 31.8 Å². The second-order valence-corrected chi connectivity index (χ2v) is 4.63. The Hall–Kier alpha value is -2.08. The van der Waals surface area contributed by atoms with Crippen molar-refractivity contribution in [2.24, 2.45) is 5.92 Å². The molecule has 0 aromatic carbocycles. The molecule has 21 heavy (non-hydrogen) atoms. The standard InChI is InChI=1S/C15H18FNO4/c1-2-3-4-14(18)6-12(15(19)20)10-21-9-11-5-13(16)8-17-7-11/h2,5,7-8,12H,1,3-4,6,9-10H2,(H,19,20)/t12-/m0/s1. The van der Waals surface area contributed by atoms with E-state index in [1.807, 2.05) is 0 Å². The number of pyridine rings is 1. The van der Waals surface area contributed by atoms with Crippen LogP contribution in [0.5, 0.6) is 0 Å². The van der Waals surface area contributed by atoms with Gasteiger partial charge >= 0.3 is 5.97 Å². The van der Waals surface area contributed by atoms with Crippen molar-refractivity contribution in [3.63, 3.8) is 0 Å². The Kier molecular flexibility index (Phi) is 7.25. The van der Waals surface area contributed by atoms with Gasteiger partial charge in [-0.2, -0.15) is 0 Å². The molecule has 0 saturated heterocycles. The third-order valence-electron chi connectivity index (χ3n) is 2.80. The van der Waals surface area contributed by atoms with Gasteiger partial charge in [0.15, 0.2) is 0 Å². The molecule has 114 valence electrons. The summed E-state index contributed by atoms with van der Waals surface area (Å²) in [6.07, 6.45) is 4.85. The molecule has 0 aliphatic heterocycles. The number of allylic oxidation sites excluding steroid dienone is 1. The predicted molar refractivity (Wildman–Crippen MR) is 74.0 cm³/mol. The second kappa shape index (κ2) is 8.97. The van der Waals surface area contributed by atoms with E-state index in [0.29, 0.717) is 12.0 Å². The smallest absolute Gasteiger partial charge is 0.309 e. The number of carbonyl (C=O) groups excluding carboxylic acids is 1. The maximum absolute atomic E-state index is 12.9. The van der Waals surface area contributed by atoms with Crippen molar-refractivity contribution >= 4 is 11.8 Å². The molecule has 0 saturated carbocycles. The number of aliphatic carboxylic acids is 1. The number of carboxylic acid groups (broad SMARTS) is 1. The highest BCUT2D eigenvalue weighted by atomic mass is 19.1. The van der Waals surface area contributed by atoms with Crippen LogP contribution in [0.3, 0.4) is 0 Å². The van der Waals surface area contributed by atoms with E-state index in [0.717, 1.165) is 6.20 Å². The molecule has 1 rings (SSSR count). The molecule has 6 heteroatoms. The first kappa shape index (κ1) is 17.0. The number of ketones is 1. The Labute approximate surface area is 122 Å². The van der Waals surface area contributed by atoms with E-state index < -0.39 is 17.7 Å². The molecule has 1 aromatic heterocycles. The van der Waals surface area contributed by atoms with E-state index in [2.05, 4.69) is 11.6 Å². The van der Waals surface area contributed by atoms with Crippen molar-refractivity contribution in [3.8, 4) is 0 Å². The van der Waals surface area contributed by atoms with Crippen LogP contribution in [0.1, 0.15) is 24.8 Å². The highest BCUT2D eigenvalue weighted by Crippen LogP contribution is 2.10. The normalized spacial score (nSPS) is 11.9. The molecule has 0 spiro atoms. The highest BCUT2D eigenvalue weighted by molar-refractivity contribution is 5.83. The Morgan fingerprint density at radius 2 is 2.24 bits per heavy atom. The van der Waals surface area contributed by atoms with Crippen LogP contribution in [-0.4, -0.2) is 28.4 Å². The van der Waals surface area contributed by atoms with Crippen molar-refractivity contribution in [3.05, 3.63) is 42.5 Å². The fourth-order valence-corrected chi connectivity index (χ4v) is 1.71. The zero-order valence-electron chi connectivity index (χ0n) is 11.6. The molecule has 0 amide bonds. The van der Waals surface area contributed by atoms with Gasteiger partial charge in [-0.1, -0.05) is 6.08 Å². The molecule has 5 nitrogen and oxygen atoms in total. The summed E-state index contributed by atoms with van der Waals surface area (Å²) >= 11 is 0. The third kappa shape index (κ3) is 6.76. The first-order chi connectivity index (χ1) is 10.0. The van der Waals surface area contributed by atoms with Crippen LogP contribution in [0.4, 0.5) is 4.39 Å². The minimum atomic E-state index is -1.08. The van der Waals surface area contributed by atoms with Crippen molar-refractivity contribution in [1.82, 2.24) is 4.98 Å². The van der Waals surface area contributed by atoms with Gasteiger partial charge < -0.3 is 9.84 Å². The number of ether oxygens (including phenoxy) is 1. The molecule has 1 N–H and O–H groups in total. The maximum atomic E-state index is 12.9. The summed E-state index contributed by atoms with van der Waals surface area (Å²) in [6.45, 7) is 3.45. The topological polar surface area (TPSA) is 76.5 Å². The molecule has 1 aromatic rings. The van der Waals surface area contributed by atoms with Crippen LogP contribution in [-0.2, 0) is 20.9 Å². The summed E-state index contributed by atoms with van der Waals surface area (Å²) in [7, 11) is 0. The van der Waals surface area contributed by atoms with Gasteiger partial charge in [0.2, 0.25) is 0 Å². The molecule has 0 aliphatic rings. The predicted octanol–water partition coefficient (Wildman–Crippen LogP) is 2.36. The van der Waals surface area contributed by atoms with Gasteiger partial charge in [0.05, 0.1) is 25.3 Å². The number of rotatable bonds is 10. The van der Waals surface area contributed by atoms with Crippen LogP contribution in [0.15, 0.2) is 31.1 Å². The number of carbonyl (C=O) groups is 2. The number of hydrogen-bond donors (Lipinski definition) is 1. The monoisotopic (exact) mass is 295 g/mol. The largest absolute Gasteiger partial charge is 0.481 e. The fourth-order valence-electron chi connectivity index (χ4n) is 1.71. The maximum Gasteiger partial charge on any atom is 0.309 e. The van der Waals surface area contributed by atoms with Crippen LogP contribution in [0.2, 0.25) is 0 Å². The molecule has 1 atom stereocenters. The molecule has 0 radical (unpaired) electrons. The Bertz CT molecular complexity index is 504. The van der Waals surface area contributed by atoms with Gasteiger partial charge in [0.25, 0.3) is 0 Å². The van der Waals surface area contributed by atoms with Gasteiger partial charge in [-0.3, -0.25) is 14.6 Å². The van der Waals surface area contributed by atoms with Crippen LogP contribution in [0, 0.1) is 11.7 Å². The summed E-state index contributed by atoms with van der Waals surface area (Å²) in [5.41, 5.74) is 0.511. The summed E-state index contributed by atoms with van der Waals surface area (Å²) < 4.78 is 18.2. The molecular formula is C15H18FNO4. The minimum Gasteiger partial charge on any atom is -0.481 e. The average Bonchev–Trinajstić information content (AvgIpc) is 2.44. The van der Waals surface area contributed by atoms with Crippen molar-refractivity contribution in [1.29, 1.82) is 0 Å². The fraction of sp³-hybridized carbons (Fsp3) is 0.400. The van der Waals surface area contributed by atoms with E-state index in [1.54, 1.807) is 6.08 Å². The molecule has 0 bridgehead atoms. The zero-order valence-corrected chi connectivity index (χ0v) is 11.6. The molecule has 0 unspecified atom stereocenters. The van der Waals surface area contributed by atoms with Gasteiger partial charge in [-0.05, 0) is 18.1 Å². The first-order valence-corrected chi connectivity index (χ1v) is 6.55. The van der Waals surface area contributed by atoms with E-state index in [9.17, 15) is 14.0 Å². The number of Topliss-reactive ketones (excluding diaryl/α,β-unsaturated/α-hetero) is 1. The first-order valence-electron chi connectivity index (χ1n) is 6.55. The lowest BCUT2D eigenvalue weighted by atomic mass is 10.0.